The molecule has 2 aliphatic rings. The molecular weight excluding hydrogens is 522 g/mol. The summed E-state index contributed by atoms with van der Waals surface area (Å²) in [5.74, 6) is -0.871. The molecular formula is C28H39N3O5S2. The summed E-state index contributed by atoms with van der Waals surface area (Å²) in [6.07, 6.45) is 5.57. The second-order valence-corrected chi connectivity index (χ2v) is 14.5. The zero-order valence-electron chi connectivity index (χ0n) is 23.1. The first kappa shape index (κ1) is 28.7. The molecule has 38 heavy (non-hydrogen) atoms. The van der Waals surface area contributed by atoms with E-state index in [1.54, 1.807) is 14.0 Å². The van der Waals surface area contributed by atoms with Gasteiger partial charge in [-0.15, -0.1) is 11.3 Å². The normalized spacial score (nSPS) is 19.1. The van der Waals surface area contributed by atoms with E-state index >= 15 is 0 Å². The van der Waals surface area contributed by atoms with Crippen molar-refractivity contribution in [3.8, 4) is 0 Å². The number of amides is 1. The first-order chi connectivity index (χ1) is 17.8. The largest absolute Gasteiger partial charge is 0.462 e. The van der Waals surface area contributed by atoms with E-state index in [0.717, 1.165) is 42.5 Å². The molecule has 0 unspecified atom stereocenters. The fraction of sp³-hybridized carbons (Fsp3) is 0.571. The van der Waals surface area contributed by atoms with Crippen molar-refractivity contribution in [1.82, 2.24) is 9.62 Å². The van der Waals surface area contributed by atoms with Crippen molar-refractivity contribution in [3.63, 3.8) is 0 Å². The van der Waals surface area contributed by atoms with Crippen molar-refractivity contribution >= 4 is 38.2 Å². The minimum Gasteiger partial charge on any atom is -0.462 e. The van der Waals surface area contributed by atoms with Crippen LogP contribution in [0.2, 0.25) is 0 Å². The third kappa shape index (κ3) is 5.68. The smallest absolute Gasteiger partial charge is 0.341 e. The Bertz CT molecular complexity index is 1310. The number of esters is 1. The Kier molecular flexibility index (Phi) is 8.10. The molecule has 1 amide bonds. The lowest BCUT2D eigenvalue weighted by Crippen LogP contribution is -2.55. The molecule has 1 aliphatic carbocycles. The molecule has 1 aromatic carbocycles. The number of nitrogens with one attached hydrogen (secondary N) is 2. The molecule has 8 nitrogen and oxygen atoms in total. The summed E-state index contributed by atoms with van der Waals surface area (Å²) in [6.45, 7) is 10.3. The van der Waals surface area contributed by atoms with Gasteiger partial charge in [-0.3, -0.25) is 4.79 Å². The summed E-state index contributed by atoms with van der Waals surface area (Å²) in [5, 5.41) is 6.98. The summed E-state index contributed by atoms with van der Waals surface area (Å²) < 4.78 is 33.2. The average molecular weight is 562 g/mol. The number of ether oxygens (including phenoxy) is 1. The summed E-state index contributed by atoms with van der Waals surface area (Å²) in [5.41, 5.74) is 0.961. The zero-order valence-corrected chi connectivity index (χ0v) is 24.8. The lowest BCUT2D eigenvalue weighted by molar-refractivity contribution is 0.0525. The highest BCUT2D eigenvalue weighted by atomic mass is 32.2. The summed E-state index contributed by atoms with van der Waals surface area (Å²) in [7, 11) is -2.02. The van der Waals surface area contributed by atoms with Crippen LogP contribution in [0.5, 0.6) is 0 Å². The molecule has 1 fully saturated rings. The maximum atomic E-state index is 13.3. The zero-order chi connectivity index (χ0) is 27.9. The van der Waals surface area contributed by atoms with Crippen molar-refractivity contribution in [3.05, 3.63) is 45.8 Å². The van der Waals surface area contributed by atoms with Crippen LogP contribution in [0.25, 0.3) is 0 Å². The Balaban J connectivity index is 1.60. The van der Waals surface area contributed by atoms with Crippen molar-refractivity contribution < 1.29 is 22.7 Å². The second-order valence-electron chi connectivity index (χ2n) is 11.4. The molecule has 1 aliphatic heterocycles. The molecule has 0 bridgehead atoms. The number of thiophene rings is 1. The van der Waals surface area contributed by atoms with Crippen LogP contribution < -0.4 is 10.6 Å². The first-order valence-corrected chi connectivity index (χ1v) is 15.5. The van der Waals surface area contributed by atoms with Crippen molar-refractivity contribution in [1.29, 1.82) is 0 Å². The number of carbonyl (C=O) groups excluding carboxylic acids is 2. The molecule has 4 rings (SSSR count). The van der Waals surface area contributed by atoms with Gasteiger partial charge < -0.3 is 15.4 Å². The quantitative estimate of drug-likeness (QED) is 0.445. The first-order valence-electron chi connectivity index (χ1n) is 13.3. The number of carbonyl (C=O) groups is 2. The fourth-order valence-corrected chi connectivity index (χ4v) is 8.47. The van der Waals surface area contributed by atoms with Gasteiger partial charge in [-0.05, 0) is 83.7 Å². The minimum atomic E-state index is -3.65. The molecule has 0 saturated heterocycles. The molecule has 2 N–H and O–H groups in total. The molecule has 2 heterocycles. The molecule has 10 heteroatoms. The van der Waals surface area contributed by atoms with E-state index in [9.17, 15) is 18.0 Å². The average Bonchev–Trinajstić information content (AvgIpc) is 3.21. The number of hydrogen-bond donors (Lipinski definition) is 2. The van der Waals surface area contributed by atoms with E-state index in [0.29, 0.717) is 22.5 Å². The molecule has 0 atom stereocenters. The van der Waals surface area contributed by atoms with Gasteiger partial charge in [0.05, 0.1) is 17.1 Å². The van der Waals surface area contributed by atoms with E-state index in [-0.39, 0.29) is 23.1 Å². The van der Waals surface area contributed by atoms with Crippen LogP contribution in [0, 0.1) is 0 Å². The number of hydrogen-bond acceptors (Lipinski definition) is 7. The van der Waals surface area contributed by atoms with Gasteiger partial charge in [0, 0.05) is 34.6 Å². The molecule has 1 aromatic heterocycles. The Labute approximate surface area is 230 Å². The Morgan fingerprint density at radius 3 is 2.34 bits per heavy atom. The van der Waals surface area contributed by atoms with Gasteiger partial charge >= 0.3 is 5.97 Å². The van der Waals surface area contributed by atoms with Crippen molar-refractivity contribution in [2.75, 3.05) is 19.0 Å². The summed E-state index contributed by atoms with van der Waals surface area (Å²) >= 11 is 1.38. The lowest BCUT2D eigenvalue weighted by Gasteiger charge is -2.42. The highest BCUT2D eigenvalue weighted by molar-refractivity contribution is 7.89. The Morgan fingerprint density at radius 1 is 1.11 bits per heavy atom. The van der Waals surface area contributed by atoms with Gasteiger partial charge in [0.25, 0.3) is 5.91 Å². The highest BCUT2D eigenvalue weighted by Crippen LogP contribution is 2.45. The predicted molar refractivity (Wildman–Crippen MR) is 150 cm³/mol. The van der Waals surface area contributed by atoms with Crippen LogP contribution in [0.1, 0.15) is 97.9 Å². The van der Waals surface area contributed by atoms with Crippen molar-refractivity contribution in [2.45, 2.75) is 95.2 Å². The molecule has 0 radical (unpaired) electrons. The monoisotopic (exact) mass is 561 g/mol. The Hall–Kier alpha value is -2.27. The second kappa shape index (κ2) is 10.7. The summed E-state index contributed by atoms with van der Waals surface area (Å²) in [6, 6.07) is 5.99. The minimum absolute atomic E-state index is 0.00611. The van der Waals surface area contributed by atoms with Gasteiger partial charge in [0.15, 0.2) is 0 Å². The molecule has 208 valence electrons. The van der Waals surface area contributed by atoms with E-state index in [2.05, 4.69) is 38.3 Å². The van der Waals surface area contributed by atoms with Gasteiger partial charge in [-0.2, -0.15) is 4.31 Å². The van der Waals surface area contributed by atoms with Crippen molar-refractivity contribution in [2.24, 2.45) is 0 Å². The third-order valence-electron chi connectivity index (χ3n) is 7.43. The molecule has 2 aromatic rings. The number of benzene rings is 1. The number of nitrogens with zero attached hydrogens (tertiary/aromatic N) is 1. The van der Waals surface area contributed by atoms with Crippen LogP contribution in [0.15, 0.2) is 29.2 Å². The number of rotatable bonds is 7. The Morgan fingerprint density at radius 2 is 1.74 bits per heavy atom. The standard InChI is InChI=1S/C28H39N3O5S2/c1-7-36-26(33)22-21-17-27(2,3)30-28(4,5)23(21)37-25(22)29-24(32)18-13-15-20(16-14-18)38(34,35)31(6)19-11-9-8-10-12-19/h13-16,19,30H,7-12,17H2,1-6H3,(H,29,32). The maximum Gasteiger partial charge on any atom is 0.341 e. The fourth-order valence-electron chi connectivity index (χ4n) is 5.80. The lowest BCUT2D eigenvalue weighted by atomic mass is 9.81. The predicted octanol–water partition coefficient (Wildman–Crippen LogP) is 5.29. The maximum absolute atomic E-state index is 13.3. The van der Waals surface area contributed by atoms with Crippen LogP contribution in [0.3, 0.4) is 0 Å². The van der Waals surface area contributed by atoms with E-state index in [1.165, 1.54) is 39.9 Å². The van der Waals surface area contributed by atoms with Gasteiger partial charge in [0.1, 0.15) is 5.00 Å². The van der Waals surface area contributed by atoms with Crippen LogP contribution in [-0.4, -0.2) is 49.8 Å². The topological polar surface area (TPSA) is 105 Å². The van der Waals surface area contributed by atoms with Crippen LogP contribution >= 0.6 is 11.3 Å². The van der Waals surface area contributed by atoms with E-state index < -0.39 is 27.4 Å². The van der Waals surface area contributed by atoms with Gasteiger partial charge in [0.2, 0.25) is 10.0 Å². The van der Waals surface area contributed by atoms with E-state index in [1.807, 2.05) is 0 Å². The highest BCUT2D eigenvalue weighted by Gasteiger charge is 2.42. The van der Waals surface area contributed by atoms with Crippen LogP contribution in [-0.2, 0) is 26.7 Å². The van der Waals surface area contributed by atoms with Crippen LogP contribution in [0.4, 0.5) is 5.00 Å². The summed E-state index contributed by atoms with van der Waals surface area (Å²) in [4.78, 5) is 27.4. The number of sulfonamides is 1. The molecule has 0 spiro atoms. The third-order valence-corrected chi connectivity index (χ3v) is 10.8. The van der Waals surface area contributed by atoms with Gasteiger partial charge in [-0.25, -0.2) is 13.2 Å². The van der Waals surface area contributed by atoms with Gasteiger partial charge in [-0.1, -0.05) is 19.3 Å². The SMILES string of the molecule is CCOC(=O)c1c(NC(=O)c2ccc(S(=O)(=O)N(C)C3CCCCC3)cc2)sc2c1CC(C)(C)NC2(C)C. The number of fused-ring (bicyclic) bond motifs is 1. The van der Waals surface area contributed by atoms with E-state index in [4.69, 9.17) is 4.74 Å². The number of anilines is 1. The molecule has 1 saturated carbocycles.